The fraction of sp³-hybridized carbons (Fsp3) is 0.333. The molecule has 1 unspecified atom stereocenters. The lowest BCUT2D eigenvalue weighted by molar-refractivity contribution is -0.139. The Kier molecular flexibility index (Phi) is 9.29. The molecule has 0 fully saturated rings. The first-order chi connectivity index (χ1) is 19.0. The van der Waals surface area contributed by atoms with Crippen LogP contribution in [0.5, 0.6) is 11.5 Å². The van der Waals surface area contributed by atoms with Crippen molar-refractivity contribution >= 4 is 51.9 Å². The first-order valence-corrected chi connectivity index (χ1v) is 14.9. The molecule has 3 aromatic rings. The highest BCUT2D eigenvalue weighted by Gasteiger charge is 2.33. The Morgan fingerprint density at radius 1 is 1.15 bits per heavy atom. The first-order valence-electron chi connectivity index (χ1n) is 13.0. The van der Waals surface area contributed by atoms with E-state index in [1.807, 2.05) is 37.3 Å². The number of benzene rings is 2. The summed E-state index contributed by atoms with van der Waals surface area (Å²) in [6.45, 7) is 11.5. The maximum Gasteiger partial charge on any atom is 0.338 e. The van der Waals surface area contributed by atoms with Crippen LogP contribution in [0, 0.1) is 3.57 Å². The molecule has 1 aliphatic rings. The third kappa shape index (κ3) is 6.07. The highest BCUT2D eigenvalue weighted by atomic mass is 127. The van der Waals surface area contributed by atoms with Crippen LogP contribution in [-0.2, 0) is 14.3 Å². The summed E-state index contributed by atoms with van der Waals surface area (Å²) >= 11 is 3.32. The van der Waals surface area contributed by atoms with Gasteiger partial charge in [-0.1, -0.05) is 49.4 Å². The van der Waals surface area contributed by atoms with E-state index in [1.165, 1.54) is 18.3 Å². The van der Waals surface area contributed by atoms with Crippen molar-refractivity contribution in [3.8, 4) is 11.5 Å². The quantitative estimate of drug-likeness (QED) is 0.193. The van der Waals surface area contributed by atoms with Crippen molar-refractivity contribution in [1.29, 1.82) is 0 Å². The molecular formula is C30H31IN2O6S. The van der Waals surface area contributed by atoms with Gasteiger partial charge in [-0.3, -0.25) is 14.2 Å². The van der Waals surface area contributed by atoms with Gasteiger partial charge in [-0.2, -0.15) is 0 Å². The van der Waals surface area contributed by atoms with Crippen molar-refractivity contribution in [3.63, 3.8) is 0 Å². The lowest BCUT2D eigenvalue weighted by Crippen LogP contribution is -2.39. The molecule has 0 saturated heterocycles. The monoisotopic (exact) mass is 674 g/mol. The predicted octanol–water partition coefficient (Wildman–Crippen LogP) is 4.85. The van der Waals surface area contributed by atoms with Crippen molar-refractivity contribution in [3.05, 3.63) is 87.6 Å². The summed E-state index contributed by atoms with van der Waals surface area (Å²) in [5, 5.41) is 0. The molecule has 8 nitrogen and oxygen atoms in total. The Morgan fingerprint density at radius 3 is 2.45 bits per heavy atom. The standard InChI is InChI=1S/C30H31IN2O6S/c1-7-37-23-14-19(13-22(31)27(23)39-18(6)34)15-24-28(35)33-26(21-11-9-20(10-12-21)16(3)4)25(29(36)38-8-2)17(5)32-30(33)40-24/h9-16,26H,7-8H2,1-6H3/b24-15+. The summed E-state index contributed by atoms with van der Waals surface area (Å²) in [5.41, 5.74) is 3.25. The normalized spacial score (nSPS) is 15.1. The van der Waals surface area contributed by atoms with E-state index in [4.69, 9.17) is 14.2 Å². The number of hydrogen-bond acceptors (Lipinski definition) is 8. The largest absolute Gasteiger partial charge is 0.490 e. The molecule has 2 heterocycles. The smallest absolute Gasteiger partial charge is 0.338 e. The van der Waals surface area contributed by atoms with E-state index in [0.29, 0.717) is 53.8 Å². The van der Waals surface area contributed by atoms with Gasteiger partial charge in [0.25, 0.3) is 5.56 Å². The molecule has 210 valence electrons. The second kappa shape index (κ2) is 12.5. The van der Waals surface area contributed by atoms with Gasteiger partial charge in [-0.05, 0) is 84.2 Å². The van der Waals surface area contributed by atoms with E-state index < -0.39 is 18.0 Å². The summed E-state index contributed by atoms with van der Waals surface area (Å²) < 4.78 is 19.2. The number of aromatic nitrogens is 1. The maximum atomic E-state index is 13.9. The average molecular weight is 675 g/mol. The Labute approximate surface area is 250 Å². The minimum absolute atomic E-state index is 0.211. The Morgan fingerprint density at radius 2 is 1.85 bits per heavy atom. The van der Waals surface area contributed by atoms with Crippen LogP contribution in [0.15, 0.2) is 57.5 Å². The van der Waals surface area contributed by atoms with E-state index >= 15 is 0 Å². The molecule has 0 radical (unpaired) electrons. The van der Waals surface area contributed by atoms with Crippen LogP contribution in [0.4, 0.5) is 0 Å². The molecular weight excluding hydrogens is 643 g/mol. The molecule has 0 N–H and O–H groups in total. The van der Waals surface area contributed by atoms with Crippen LogP contribution in [0.2, 0.25) is 0 Å². The molecule has 1 aromatic heterocycles. The third-order valence-corrected chi connectivity index (χ3v) is 8.10. The number of esters is 2. The first kappa shape index (κ1) is 29.7. The fourth-order valence-electron chi connectivity index (χ4n) is 4.50. The molecule has 0 spiro atoms. The molecule has 0 aliphatic carbocycles. The lowest BCUT2D eigenvalue weighted by atomic mass is 9.93. The van der Waals surface area contributed by atoms with Crippen LogP contribution in [-0.4, -0.2) is 29.7 Å². The highest BCUT2D eigenvalue weighted by molar-refractivity contribution is 14.1. The maximum absolute atomic E-state index is 13.9. The number of nitrogens with zero attached hydrogens (tertiary/aromatic N) is 2. The van der Waals surface area contributed by atoms with Crippen molar-refractivity contribution in [1.82, 2.24) is 4.57 Å². The Balaban J connectivity index is 1.91. The second-order valence-corrected chi connectivity index (χ2v) is 11.7. The minimum Gasteiger partial charge on any atom is -0.490 e. The summed E-state index contributed by atoms with van der Waals surface area (Å²) in [6.07, 6.45) is 1.76. The Hall–Kier alpha value is -3.25. The highest BCUT2D eigenvalue weighted by Crippen LogP contribution is 2.35. The van der Waals surface area contributed by atoms with Crippen molar-refractivity contribution < 1.29 is 23.8 Å². The van der Waals surface area contributed by atoms with Gasteiger partial charge in [0.05, 0.1) is 38.6 Å². The van der Waals surface area contributed by atoms with Crippen molar-refractivity contribution in [2.24, 2.45) is 4.99 Å². The van der Waals surface area contributed by atoms with E-state index in [1.54, 1.807) is 30.6 Å². The summed E-state index contributed by atoms with van der Waals surface area (Å²) in [5.74, 6) is 0.150. The van der Waals surface area contributed by atoms with Gasteiger partial charge in [0.2, 0.25) is 0 Å². The number of carbonyl (C=O) groups excluding carboxylic acids is 2. The zero-order chi connectivity index (χ0) is 29.1. The van der Waals surface area contributed by atoms with Gasteiger partial charge in [-0.15, -0.1) is 0 Å². The van der Waals surface area contributed by atoms with Crippen molar-refractivity contribution in [2.75, 3.05) is 13.2 Å². The number of halogens is 1. The SMILES string of the molecule is CCOC(=O)C1=C(C)N=c2s/c(=C/c3cc(I)c(OC(C)=O)c(OCC)c3)c(=O)n2C1c1ccc(C(C)C)cc1. The average Bonchev–Trinajstić information content (AvgIpc) is 3.19. The van der Waals surface area contributed by atoms with E-state index in [2.05, 4.69) is 41.4 Å². The number of ether oxygens (including phenoxy) is 3. The van der Waals surface area contributed by atoms with Crippen molar-refractivity contribution in [2.45, 2.75) is 53.5 Å². The van der Waals surface area contributed by atoms with E-state index in [9.17, 15) is 14.4 Å². The number of allylic oxidation sites excluding steroid dienone is 1. The zero-order valence-electron chi connectivity index (χ0n) is 23.2. The molecule has 0 amide bonds. The van der Waals surface area contributed by atoms with E-state index in [-0.39, 0.29) is 12.2 Å². The van der Waals surface area contributed by atoms with Gasteiger partial charge in [0.15, 0.2) is 16.3 Å². The number of hydrogen-bond donors (Lipinski definition) is 0. The second-order valence-electron chi connectivity index (χ2n) is 9.48. The van der Waals surface area contributed by atoms with Crippen LogP contribution in [0.1, 0.15) is 70.2 Å². The predicted molar refractivity (Wildman–Crippen MR) is 163 cm³/mol. The molecule has 10 heteroatoms. The molecule has 0 bridgehead atoms. The minimum atomic E-state index is -0.677. The number of thiazole rings is 1. The van der Waals surface area contributed by atoms with E-state index in [0.717, 1.165) is 11.1 Å². The number of fused-ring (bicyclic) bond motifs is 1. The lowest BCUT2D eigenvalue weighted by Gasteiger charge is -2.25. The zero-order valence-corrected chi connectivity index (χ0v) is 26.2. The molecule has 4 rings (SSSR count). The van der Waals surface area contributed by atoms with Gasteiger partial charge in [0.1, 0.15) is 0 Å². The fourth-order valence-corrected chi connectivity index (χ4v) is 6.28. The summed E-state index contributed by atoms with van der Waals surface area (Å²) in [4.78, 5) is 43.8. The van der Waals surface area contributed by atoms with Gasteiger partial charge in [-0.25, -0.2) is 9.79 Å². The molecule has 1 atom stereocenters. The summed E-state index contributed by atoms with van der Waals surface area (Å²) in [6, 6.07) is 10.8. The third-order valence-electron chi connectivity index (χ3n) is 6.31. The molecule has 0 saturated carbocycles. The molecule has 2 aromatic carbocycles. The molecule has 1 aliphatic heterocycles. The number of carbonyl (C=O) groups is 2. The Bertz CT molecular complexity index is 1670. The van der Waals surface area contributed by atoms with Crippen LogP contribution >= 0.6 is 33.9 Å². The van der Waals surface area contributed by atoms with Crippen LogP contribution in [0.25, 0.3) is 6.08 Å². The van der Waals surface area contributed by atoms with Gasteiger partial charge < -0.3 is 14.2 Å². The van der Waals surface area contributed by atoms with Crippen LogP contribution in [0.3, 0.4) is 0 Å². The van der Waals surface area contributed by atoms with Gasteiger partial charge in [0, 0.05) is 6.92 Å². The topological polar surface area (TPSA) is 96.2 Å². The molecule has 40 heavy (non-hydrogen) atoms. The van der Waals surface area contributed by atoms with Gasteiger partial charge >= 0.3 is 11.9 Å². The number of rotatable bonds is 8. The van der Waals surface area contributed by atoms with Crippen LogP contribution < -0.4 is 24.4 Å². The summed E-state index contributed by atoms with van der Waals surface area (Å²) in [7, 11) is 0.